The van der Waals surface area contributed by atoms with E-state index < -0.39 is 28.9 Å². The first-order chi connectivity index (χ1) is 11.8. The molecule has 25 heavy (non-hydrogen) atoms. The molecule has 0 radical (unpaired) electrons. The Morgan fingerprint density at radius 1 is 1.20 bits per heavy atom. The van der Waals surface area contributed by atoms with E-state index >= 15 is 0 Å². The zero-order chi connectivity index (χ0) is 18.0. The first-order valence-corrected chi connectivity index (χ1v) is 7.27. The van der Waals surface area contributed by atoms with Gasteiger partial charge in [0.15, 0.2) is 0 Å². The summed E-state index contributed by atoms with van der Waals surface area (Å²) in [4.78, 5) is 30.0. The number of hydrogen-bond donors (Lipinski definition) is 2. The molecule has 2 aromatic heterocycles. The van der Waals surface area contributed by atoms with Crippen LogP contribution in [0.3, 0.4) is 0 Å². The lowest BCUT2D eigenvalue weighted by Crippen LogP contribution is -2.22. The van der Waals surface area contributed by atoms with Crippen molar-refractivity contribution in [3.8, 4) is 0 Å². The van der Waals surface area contributed by atoms with Crippen LogP contribution in [0, 0.1) is 0 Å². The van der Waals surface area contributed by atoms with Gasteiger partial charge < -0.3 is 10.3 Å². The highest BCUT2D eigenvalue weighted by Gasteiger charge is 2.31. The molecule has 0 saturated heterocycles. The summed E-state index contributed by atoms with van der Waals surface area (Å²) >= 11 is 0. The number of alkyl halides is 3. The van der Waals surface area contributed by atoms with E-state index in [4.69, 9.17) is 0 Å². The average Bonchev–Trinajstić information content (AvgIpc) is 2.56. The van der Waals surface area contributed by atoms with E-state index in [2.05, 4.69) is 10.3 Å². The second kappa shape index (κ2) is 6.39. The molecule has 2 N–H and O–H groups in total. The van der Waals surface area contributed by atoms with Crippen LogP contribution in [-0.2, 0) is 17.4 Å². The minimum atomic E-state index is -4.62. The zero-order valence-electron chi connectivity index (χ0n) is 12.7. The summed E-state index contributed by atoms with van der Waals surface area (Å²) in [6.07, 6.45) is -2.60. The number of hydrogen-bond acceptors (Lipinski definition) is 3. The summed E-state index contributed by atoms with van der Waals surface area (Å²) in [5, 5.41) is 3.06. The Morgan fingerprint density at radius 3 is 2.72 bits per heavy atom. The molecule has 2 heterocycles. The van der Waals surface area contributed by atoms with Crippen LogP contribution in [0.4, 0.5) is 18.9 Å². The average molecular weight is 347 g/mol. The van der Waals surface area contributed by atoms with Crippen LogP contribution in [0.2, 0.25) is 0 Å². The van der Waals surface area contributed by atoms with E-state index in [0.29, 0.717) is 23.3 Å². The number of H-pyrrole nitrogens is 1. The minimum absolute atomic E-state index is 0.121. The number of aromatic nitrogens is 2. The fourth-order valence-electron chi connectivity index (χ4n) is 2.42. The summed E-state index contributed by atoms with van der Waals surface area (Å²) in [5.41, 5.74) is -1.07. The normalized spacial score (nSPS) is 11.5. The molecule has 1 aromatic carbocycles. The van der Waals surface area contributed by atoms with Crippen LogP contribution in [0.25, 0.3) is 10.9 Å². The first-order valence-electron chi connectivity index (χ1n) is 7.27. The van der Waals surface area contributed by atoms with Crippen molar-refractivity contribution >= 4 is 22.5 Å². The van der Waals surface area contributed by atoms with Gasteiger partial charge in [0.1, 0.15) is 5.69 Å². The lowest BCUT2D eigenvalue weighted by Gasteiger charge is -2.10. The second-order valence-electron chi connectivity index (χ2n) is 5.35. The third kappa shape index (κ3) is 3.68. The van der Waals surface area contributed by atoms with E-state index in [9.17, 15) is 22.8 Å². The highest BCUT2D eigenvalue weighted by atomic mass is 19.4. The number of pyridine rings is 2. The lowest BCUT2D eigenvalue weighted by atomic mass is 10.1. The third-order valence-corrected chi connectivity index (χ3v) is 3.57. The van der Waals surface area contributed by atoms with Crippen LogP contribution in [0.5, 0.6) is 0 Å². The molecule has 8 heteroatoms. The molecular weight excluding hydrogens is 335 g/mol. The van der Waals surface area contributed by atoms with Gasteiger partial charge in [0.25, 0.3) is 5.56 Å². The van der Waals surface area contributed by atoms with Crippen molar-refractivity contribution < 1.29 is 18.0 Å². The van der Waals surface area contributed by atoms with Gasteiger partial charge in [0.05, 0.1) is 17.5 Å². The predicted octanol–water partition coefficient (Wildman–Crippen LogP) is 3.12. The van der Waals surface area contributed by atoms with Crippen molar-refractivity contribution in [3.63, 3.8) is 0 Å². The van der Waals surface area contributed by atoms with Crippen LogP contribution >= 0.6 is 0 Å². The molecule has 0 atom stereocenters. The number of nitrogens with one attached hydrogen (secondary N) is 2. The minimum Gasteiger partial charge on any atom is -0.327 e. The molecule has 0 fully saturated rings. The number of benzene rings is 1. The molecule has 0 bridgehead atoms. The smallest absolute Gasteiger partial charge is 0.327 e. The highest BCUT2D eigenvalue weighted by Crippen LogP contribution is 2.29. The van der Waals surface area contributed by atoms with Crippen LogP contribution in [-0.4, -0.2) is 15.9 Å². The maximum absolute atomic E-state index is 12.7. The SMILES string of the molecule is O=C(Cc1cccc2cccnc12)Nc1cc(C(F)(F)F)c[nH]c1=O. The molecule has 128 valence electrons. The van der Waals surface area contributed by atoms with Gasteiger partial charge in [0.2, 0.25) is 5.91 Å². The number of rotatable bonds is 3. The molecule has 1 amide bonds. The number of amides is 1. The Kier molecular flexibility index (Phi) is 4.26. The van der Waals surface area contributed by atoms with E-state index in [1.54, 1.807) is 24.4 Å². The Bertz CT molecular complexity index is 991. The van der Waals surface area contributed by atoms with Crippen LogP contribution in [0.15, 0.2) is 53.6 Å². The van der Waals surface area contributed by atoms with E-state index in [1.807, 2.05) is 17.1 Å². The second-order valence-corrected chi connectivity index (χ2v) is 5.35. The summed E-state index contributed by atoms with van der Waals surface area (Å²) in [7, 11) is 0. The molecule has 0 unspecified atom stereocenters. The van der Waals surface area contributed by atoms with Gasteiger partial charge in [0, 0.05) is 17.8 Å². The molecule has 0 spiro atoms. The third-order valence-electron chi connectivity index (χ3n) is 3.57. The van der Waals surface area contributed by atoms with Gasteiger partial charge in [-0.15, -0.1) is 0 Å². The summed E-state index contributed by atoms with van der Waals surface area (Å²) in [6, 6.07) is 9.49. The molecule has 3 aromatic rings. The van der Waals surface area contributed by atoms with Gasteiger partial charge in [-0.3, -0.25) is 14.6 Å². The summed E-state index contributed by atoms with van der Waals surface area (Å²) in [6.45, 7) is 0. The number of aromatic amines is 1. The van der Waals surface area contributed by atoms with Crippen molar-refractivity contribution in [1.82, 2.24) is 9.97 Å². The quantitative estimate of drug-likeness (QED) is 0.764. The van der Waals surface area contributed by atoms with E-state index in [0.717, 1.165) is 5.39 Å². The fraction of sp³-hybridized carbons (Fsp3) is 0.118. The monoisotopic (exact) mass is 347 g/mol. The van der Waals surface area contributed by atoms with Crippen molar-refractivity contribution in [2.75, 3.05) is 5.32 Å². The van der Waals surface area contributed by atoms with Gasteiger partial charge in [-0.2, -0.15) is 13.2 Å². The first kappa shape index (κ1) is 16.7. The number of anilines is 1. The fourth-order valence-corrected chi connectivity index (χ4v) is 2.42. The van der Waals surface area contributed by atoms with E-state index in [1.165, 1.54) is 0 Å². The number of carbonyl (C=O) groups is 1. The molecule has 0 saturated carbocycles. The van der Waals surface area contributed by atoms with Crippen LogP contribution < -0.4 is 10.9 Å². The number of fused-ring (bicyclic) bond motifs is 1. The molecule has 0 aliphatic carbocycles. The van der Waals surface area contributed by atoms with Gasteiger partial charge in [-0.25, -0.2) is 0 Å². The Hall–Kier alpha value is -3.16. The predicted molar refractivity (Wildman–Crippen MR) is 86.1 cm³/mol. The standard InChI is InChI=1S/C17H12F3N3O2/c18-17(19,20)12-8-13(16(25)22-9-12)23-14(24)7-11-4-1-3-10-5-2-6-21-15(10)11/h1-6,8-9H,7H2,(H,22,25)(H,23,24). The van der Waals surface area contributed by atoms with Crippen molar-refractivity contribution in [1.29, 1.82) is 0 Å². The van der Waals surface area contributed by atoms with Crippen molar-refractivity contribution in [3.05, 3.63) is 70.3 Å². The maximum atomic E-state index is 12.7. The molecular formula is C17H12F3N3O2. The zero-order valence-corrected chi connectivity index (χ0v) is 12.7. The maximum Gasteiger partial charge on any atom is 0.417 e. The highest BCUT2D eigenvalue weighted by molar-refractivity contribution is 5.95. The Balaban J connectivity index is 1.84. The van der Waals surface area contributed by atoms with E-state index in [-0.39, 0.29) is 6.42 Å². The van der Waals surface area contributed by atoms with Gasteiger partial charge in [-0.1, -0.05) is 24.3 Å². The molecule has 3 rings (SSSR count). The molecule has 0 aliphatic rings. The number of carbonyl (C=O) groups excluding carboxylic acids is 1. The van der Waals surface area contributed by atoms with Gasteiger partial charge in [-0.05, 0) is 17.7 Å². The topological polar surface area (TPSA) is 74.8 Å². The number of para-hydroxylation sites is 1. The molecule has 0 aliphatic heterocycles. The van der Waals surface area contributed by atoms with Gasteiger partial charge >= 0.3 is 6.18 Å². The summed E-state index contributed by atoms with van der Waals surface area (Å²) in [5.74, 6) is -0.608. The number of halogens is 3. The lowest BCUT2D eigenvalue weighted by molar-refractivity contribution is -0.137. The largest absolute Gasteiger partial charge is 0.417 e. The Labute approximate surface area is 139 Å². The van der Waals surface area contributed by atoms with Crippen molar-refractivity contribution in [2.24, 2.45) is 0 Å². The van der Waals surface area contributed by atoms with Crippen LogP contribution in [0.1, 0.15) is 11.1 Å². The molecule has 5 nitrogen and oxygen atoms in total. The van der Waals surface area contributed by atoms with Crippen molar-refractivity contribution in [2.45, 2.75) is 12.6 Å². The Morgan fingerprint density at radius 2 is 1.96 bits per heavy atom. The number of nitrogens with zero attached hydrogens (tertiary/aromatic N) is 1. The summed E-state index contributed by atoms with van der Waals surface area (Å²) < 4.78 is 38.1.